The molecule has 0 saturated heterocycles. The van der Waals surface area contributed by atoms with Gasteiger partial charge in [-0.05, 0) is 29.3 Å². The molecule has 2 rings (SSSR count). The summed E-state index contributed by atoms with van der Waals surface area (Å²) in [4.78, 5) is 22.3. The maximum absolute atomic E-state index is 11.4. The van der Waals surface area contributed by atoms with Crippen molar-refractivity contribution in [2.24, 2.45) is 0 Å². The van der Waals surface area contributed by atoms with Gasteiger partial charge in [0.05, 0.1) is 12.7 Å². The van der Waals surface area contributed by atoms with Gasteiger partial charge >= 0.3 is 11.9 Å². The third kappa shape index (κ3) is 5.49. The fourth-order valence-corrected chi connectivity index (χ4v) is 2.13. The van der Waals surface area contributed by atoms with E-state index >= 15 is 0 Å². The molecule has 0 aliphatic carbocycles. The Morgan fingerprint density at radius 2 is 1.60 bits per heavy atom. The molecule has 5 nitrogen and oxygen atoms in total. The molecule has 2 aromatic carbocycles. The van der Waals surface area contributed by atoms with Crippen molar-refractivity contribution in [3.05, 3.63) is 77.4 Å². The lowest BCUT2D eigenvalue weighted by atomic mass is 10.1. The maximum atomic E-state index is 11.4. The van der Waals surface area contributed by atoms with Gasteiger partial charge in [0.2, 0.25) is 0 Å². The van der Waals surface area contributed by atoms with Crippen LogP contribution in [0, 0.1) is 0 Å². The van der Waals surface area contributed by atoms with Gasteiger partial charge in [0.25, 0.3) is 0 Å². The summed E-state index contributed by atoms with van der Waals surface area (Å²) >= 11 is 0. The molecule has 2 aromatic rings. The van der Waals surface area contributed by atoms with Crippen LogP contribution in [-0.4, -0.2) is 19.0 Å². The van der Waals surface area contributed by atoms with E-state index in [0.717, 1.165) is 16.7 Å². The number of rotatable bonds is 7. The molecule has 0 bridgehead atoms. The molecule has 0 fully saturated rings. The van der Waals surface area contributed by atoms with Crippen LogP contribution in [-0.2, 0) is 32.2 Å². The van der Waals surface area contributed by atoms with Gasteiger partial charge in [0.1, 0.15) is 19.0 Å². The smallest absolute Gasteiger partial charge is 0.337 e. The van der Waals surface area contributed by atoms with Gasteiger partial charge in [-0.25, -0.2) is 4.79 Å². The summed E-state index contributed by atoms with van der Waals surface area (Å²) in [5, 5.41) is 0. The zero-order valence-electron chi connectivity index (χ0n) is 14.3. The van der Waals surface area contributed by atoms with Gasteiger partial charge < -0.3 is 14.2 Å². The van der Waals surface area contributed by atoms with E-state index in [-0.39, 0.29) is 18.5 Å². The van der Waals surface area contributed by atoms with Crippen molar-refractivity contribution in [1.29, 1.82) is 0 Å². The molecule has 0 radical (unpaired) electrons. The van der Waals surface area contributed by atoms with E-state index < -0.39 is 0 Å². The van der Waals surface area contributed by atoms with Crippen LogP contribution in [0.1, 0.15) is 34.0 Å². The Kier molecular flexibility index (Phi) is 6.34. The summed E-state index contributed by atoms with van der Waals surface area (Å²) in [6.07, 6.45) is 0. The number of carbonyl (C=O) groups excluding carboxylic acids is 2. The quantitative estimate of drug-likeness (QED) is 0.568. The van der Waals surface area contributed by atoms with Gasteiger partial charge in [-0.2, -0.15) is 0 Å². The number of benzene rings is 2. The highest BCUT2D eigenvalue weighted by Crippen LogP contribution is 2.18. The molecule has 25 heavy (non-hydrogen) atoms. The Hall–Kier alpha value is -3.08. The van der Waals surface area contributed by atoms with Crippen molar-refractivity contribution < 1.29 is 23.8 Å². The summed E-state index contributed by atoms with van der Waals surface area (Å²) < 4.78 is 15.3. The Morgan fingerprint density at radius 1 is 0.920 bits per heavy atom. The van der Waals surface area contributed by atoms with Crippen molar-refractivity contribution in [3.63, 3.8) is 0 Å². The molecule has 0 unspecified atom stereocenters. The predicted octanol–water partition coefficient (Wildman–Crippen LogP) is 3.72. The van der Waals surface area contributed by atoms with Crippen LogP contribution >= 0.6 is 0 Å². The molecule has 0 aliphatic heterocycles. The normalized spacial score (nSPS) is 10.0. The minimum atomic E-state index is -0.374. The van der Waals surface area contributed by atoms with E-state index in [0.29, 0.717) is 17.9 Å². The standard InChI is InChI=1S/C20H20O5/c1-14(19-6-4-5-17(11-19)13-25-15(2)21)24-12-16-7-9-18(10-8-16)20(22)23-3/h4-11H,1,12-13H2,2-3H3. The molecular weight excluding hydrogens is 320 g/mol. The van der Waals surface area contributed by atoms with Gasteiger partial charge in [0.15, 0.2) is 0 Å². The fourth-order valence-electron chi connectivity index (χ4n) is 2.13. The monoisotopic (exact) mass is 340 g/mol. The minimum Gasteiger partial charge on any atom is -0.489 e. The first kappa shape index (κ1) is 18.3. The summed E-state index contributed by atoms with van der Waals surface area (Å²) in [6.45, 7) is 5.85. The van der Waals surface area contributed by atoms with Crippen molar-refractivity contribution in [2.75, 3.05) is 7.11 Å². The number of methoxy groups -OCH3 is 1. The van der Waals surface area contributed by atoms with E-state index in [4.69, 9.17) is 9.47 Å². The van der Waals surface area contributed by atoms with E-state index in [1.807, 2.05) is 24.3 Å². The van der Waals surface area contributed by atoms with E-state index in [9.17, 15) is 9.59 Å². The van der Waals surface area contributed by atoms with Crippen LogP contribution in [0.5, 0.6) is 0 Å². The third-order valence-corrected chi connectivity index (χ3v) is 3.48. The van der Waals surface area contributed by atoms with Crippen molar-refractivity contribution in [2.45, 2.75) is 20.1 Å². The van der Waals surface area contributed by atoms with Crippen LogP contribution in [0.3, 0.4) is 0 Å². The number of ether oxygens (including phenoxy) is 3. The van der Waals surface area contributed by atoms with Crippen molar-refractivity contribution in [3.8, 4) is 0 Å². The SMILES string of the molecule is C=C(OCc1ccc(C(=O)OC)cc1)c1cccc(COC(C)=O)c1. The minimum absolute atomic E-state index is 0.214. The highest BCUT2D eigenvalue weighted by molar-refractivity contribution is 5.89. The largest absolute Gasteiger partial charge is 0.489 e. The Morgan fingerprint density at radius 3 is 2.24 bits per heavy atom. The van der Waals surface area contributed by atoms with E-state index in [1.54, 1.807) is 24.3 Å². The lowest BCUT2D eigenvalue weighted by molar-refractivity contribution is -0.142. The maximum Gasteiger partial charge on any atom is 0.337 e. The fraction of sp³-hybridized carbons (Fsp3) is 0.200. The highest BCUT2D eigenvalue weighted by atomic mass is 16.5. The molecule has 0 spiro atoms. The summed E-state index contributed by atoms with van der Waals surface area (Å²) in [7, 11) is 1.35. The first-order valence-corrected chi connectivity index (χ1v) is 7.71. The molecular formula is C20H20O5. The lowest BCUT2D eigenvalue weighted by Crippen LogP contribution is -2.01. The predicted molar refractivity (Wildman–Crippen MR) is 93.5 cm³/mol. The molecule has 130 valence electrons. The third-order valence-electron chi connectivity index (χ3n) is 3.48. The zero-order valence-corrected chi connectivity index (χ0v) is 14.3. The average Bonchev–Trinajstić information content (AvgIpc) is 2.64. The number of hydrogen-bond donors (Lipinski definition) is 0. The molecule has 0 N–H and O–H groups in total. The summed E-state index contributed by atoms with van der Waals surface area (Å²) in [5.74, 6) is -0.181. The van der Waals surface area contributed by atoms with Gasteiger partial charge in [-0.3, -0.25) is 4.79 Å². The van der Waals surface area contributed by atoms with Crippen LogP contribution < -0.4 is 0 Å². The van der Waals surface area contributed by atoms with Crippen LogP contribution in [0.25, 0.3) is 5.76 Å². The van der Waals surface area contributed by atoms with Crippen LogP contribution in [0.2, 0.25) is 0 Å². The highest BCUT2D eigenvalue weighted by Gasteiger charge is 2.06. The second-order valence-electron chi connectivity index (χ2n) is 5.38. The average molecular weight is 340 g/mol. The lowest BCUT2D eigenvalue weighted by Gasteiger charge is -2.11. The summed E-state index contributed by atoms with van der Waals surface area (Å²) in [6, 6.07) is 14.4. The zero-order chi connectivity index (χ0) is 18.2. The first-order chi connectivity index (χ1) is 12.0. The molecule has 0 atom stereocenters. The second-order valence-corrected chi connectivity index (χ2v) is 5.38. The Balaban J connectivity index is 1.94. The molecule has 0 saturated carbocycles. The van der Waals surface area contributed by atoms with E-state index in [2.05, 4.69) is 11.3 Å². The Labute approximate surface area is 146 Å². The van der Waals surface area contributed by atoms with E-state index in [1.165, 1.54) is 14.0 Å². The van der Waals surface area contributed by atoms with Crippen LogP contribution in [0.4, 0.5) is 0 Å². The molecule has 0 aliphatic rings. The summed E-state index contributed by atoms with van der Waals surface area (Å²) in [5.41, 5.74) is 3.07. The number of esters is 2. The second kappa shape index (κ2) is 8.68. The Bertz CT molecular complexity index is 762. The molecule has 0 aromatic heterocycles. The molecule has 0 amide bonds. The molecule has 5 heteroatoms. The van der Waals surface area contributed by atoms with Crippen LogP contribution in [0.15, 0.2) is 55.1 Å². The number of carbonyl (C=O) groups is 2. The van der Waals surface area contributed by atoms with Crippen molar-refractivity contribution >= 4 is 17.7 Å². The van der Waals surface area contributed by atoms with Gasteiger partial charge in [0, 0.05) is 12.5 Å². The van der Waals surface area contributed by atoms with Gasteiger partial charge in [-0.15, -0.1) is 0 Å². The topological polar surface area (TPSA) is 61.8 Å². The van der Waals surface area contributed by atoms with Crippen molar-refractivity contribution in [1.82, 2.24) is 0 Å². The number of hydrogen-bond acceptors (Lipinski definition) is 5. The van der Waals surface area contributed by atoms with Gasteiger partial charge in [-0.1, -0.05) is 36.9 Å². The molecule has 0 heterocycles. The first-order valence-electron chi connectivity index (χ1n) is 7.71.